The molecule has 0 radical (unpaired) electrons. The number of pyridine rings is 1. The molecule has 0 aliphatic carbocycles. The summed E-state index contributed by atoms with van der Waals surface area (Å²) in [6.45, 7) is 1.40. The molecule has 0 amide bonds. The predicted octanol–water partition coefficient (Wildman–Crippen LogP) is 1.84. The Morgan fingerprint density at radius 1 is 1.32 bits per heavy atom. The molecule has 0 spiro atoms. The van der Waals surface area contributed by atoms with E-state index in [0.717, 1.165) is 18.6 Å². The van der Waals surface area contributed by atoms with E-state index in [1.54, 1.807) is 24.4 Å². The van der Waals surface area contributed by atoms with Gasteiger partial charge >= 0.3 is 0 Å². The van der Waals surface area contributed by atoms with Crippen molar-refractivity contribution in [3.63, 3.8) is 0 Å². The molecule has 6 heteroatoms. The molecule has 1 fully saturated rings. The first-order valence-electron chi connectivity index (χ1n) is 6.05. The van der Waals surface area contributed by atoms with Crippen LogP contribution < -0.4 is 0 Å². The topological polar surface area (TPSA) is 81.3 Å². The van der Waals surface area contributed by atoms with Crippen LogP contribution in [0.25, 0.3) is 12.2 Å². The van der Waals surface area contributed by atoms with Gasteiger partial charge in [-0.2, -0.15) is 4.98 Å². The second kappa shape index (κ2) is 5.19. The number of ether oxygens (including phenoxy) is 1. The summed E-state index contributed by atoms with van der Waals surface area (Å²) in [5.41, 5.74) is 0.768. The average Bonchev–Trinajstić information content (AvgIpc) is 3.07. The van der Waals surface area contributed by atoms with Gasteiger partial charge in [0, 0.05) is 24.8 Å². The Balaban J connectivity index is 1.73. The number of aromatic hydroxyl groups is 1. The van der Waals surface area contributed by atoms with Crippen LogP contribution in [0.5, 0.6) is 5.75 Å². The third kappa shape index (κ3) is 2.79. The van der Waals surface area contributed by atoms with Crippen molar-refractivity contribution in [2.45, 2.75) is 12.3 Å². The monoisotopic (exact) mass is 259 g/mol. The van der Waals surface area contributed by atoms with E-state index in [0.29, 0.717) is 18.3 Å². The molecule has 2 aromatic heterocycles. The van der Waals surface area contributed by atoms with Crippen molar-refractivity contribution in [3.8, 4) is 5.75 Å². The molecule has 2 aromatic rings. The third-order valence-corrected chi connectivity index (χ3v) is 2.92. The van der Waals surface area contributed by atoms with Gasteiger partial charge in [-0.15, -0.1) is 0 Å². The van der Waals surface area contributed by atoms with Gasteiger partial charge < -0.3 is 14.4 Å². The van der Waals surface area contributed by atoms with Gasteiger partial charge in [0.15, 0.2) is 5.82 Å². The summed E-state index contributed by atoms with van der Waals surface area (Å²) in [6.07, 6.45) is 7.40. The lowest BCUT2D eigenvalue weighted by Gasteiger charge is -1.97. The SMILES string of the molecule is Oc1cncc(/C=C/c2nc(C3CCOC3)no2)c1. The van der Waals surface area contributed by atoms with Gasteiger partial charge in [-0.25, -0.2) is 0 Å². The van der Waals surface area contributed by atoms with Crippen LogP contribution in [0, 0.1) is 0 Å². The van der Waals surface area contributed by atoms with Crippen molar-refractivity contribution in [2.75, 3.05) is 13.2 Å². The largest absolute Gasteiger partial charge is 0.506 e. The van der Waals surface area contributed by atoms with Crippen LogP contribution in [0.15, 0.2) is 23.0 Å². The Bertz CT molecular complexity index is 588. The first-order chi connectivity index (χ1) is 9.31. The fourth-order valence-electron chi connectivity index (χ4n) is 1.92. The van der Waals surface area contributed by atoms with Crippen LogP contribution in [0.4, 0.5) is 0 Å². The molecule has 3 rings (SSSR count). The molecule has 1 aliphatic heterocycles. The highest BCUT2D eigenvalue weighted by molar-refractivity contribution is 5.65. The lowest BCUT2D eigenvalue weighted by atomic mass is 10.1. The second-order valence-corrected chi connectivity index (χ2v) is 4.36. The average molecular weight is 259 g/mol. The van der Waals surface area contributed by atoms with Crippen LogP contribution in [0.3, 0.4) is 0 Å². The highest BCUT2D eigenvalue weighted by atomic mass is 16.5. The zero-order valence-electron chi connectivity index (χ0n) is 10.2. The molecular weight excluding hydrogens is 246 g/mol. The van der Waals surface area contributed by atoms with Gasteiger partial charge in [0.25, 0.3) is 5.89 Å². The van der Waals surface area contributed by atoms with Crippen molar-refractivity contribution in [2.24, 2.45) is 0 Å². The quantitative estimate of drug-likeness (QED) is 0.905. The smallest absolute Gasteiger partial charge is 0.250 e. The van der Waals surface area contributed by atoms with E-state index < -0.39 is 0 Å². The van der Waals surface area contributed by atoms with Crippen LogP contribution in [0.2, 0.25) is 0 Å². The summed E-state index contributed by atoms with van der Waals surface area (Å²) < 4.78 is 10.4. The minimum Gasteiger partial charge on any atom is -0.506 e. The Morgan fingerprint density at radius 3 is 3.05 bits per heavy atom. The fraction of sp³-hybridized carbons (Fsp3) is 0.308. The van der Waals surface area contributed by atoms with E-state index in [-0.39, 0.29) is 11.7 Å². The van der Waals surface area contributed by atoms with Crippen LogP contribution >= 0.6 is 0 Å². The molecule has 6 nitrogen and oxygen atoms in total. The Morgan fingerprint density at radius 2 is 2.26 bits per heavy atom. The highest BCUT2D eigenvalue weighted by Crippen LogP contribution is 2.22. The molecule has 1 atom stereocenters. The van der Waals surface area contributed by atoms with Crippen molar-refractivity contribution in [3.05, 3.63) is 35.7 Å². The molecule has 1 N–H and O–H groups in total. The molecule has 0 bridgehead atoms. The molecule has 19 heavy (non-hydrogen) atoms. The van der Waals surface area contributed by atoms with E-state index in [1.807, 2.05) is 0 Å². The maximum absolute atomic E-state index is 9.30. The minimum absolute atomic E-state index is 0.122. The van der Waals surface area contributed by atoms with Gasteiger partial charge in [0.1, 0.15) is 5.75 Å². The summed E-state index contributed by atoms with van der Waals surface area (Å²) in [5.74, 6) is 1.47. The number of rotatable bonds is 3. The van der Waals surface area contributed by atoms with Crippen LogP contribution in [0.1, 0.15) is 29.6 Å². The van der Waals surface area contributed by atoms with E-state index >= 15 is 0 Å². The number of hydrogen-bond donors (Lipinski definition) is 1. The number of hydrogen-bond acceptors (Lipinski definition) is 6. The Kier molecular flexibility index (Phi) is 3.24. The lowest BCUT2D eigenvalue weighted by molar-refractivity contribution is 0.192. The molecule has 98 valence electrons. The number of nitrogens with zero attached hydrogens (tertiary/aromatic N) is 3. The van der Waals surface area contributed by atoms with Crippen molar-refractivity contribution in [1.82, 2.24) is 15.1 Å². The Hall–Kier alpha value is -2.21. The summed E-state index contributed by atoms with van der Waals surface area (Å²) in [5, 5.41) is 13.2. The molecule has 0 aromatic carbocycles. The maximum Gasteiger partial charge on any atom is 0.250 e. The van der Waals surface area contributed by atoms with Crippen molar-refractivity contribution in [1.29, 1.82) is 0 Å². The molecule has 0 saturated carbocycles. The van der Waals surface area contributed by atoms with Crippen LogP contribution in [-0.2, 0) is 4.74 Å². The fourth-order valence-corrected chi connectivity index (χ4v) is 1.92. The molecule has 1 unspecified atom stereocenters. The first-order valence-corrected chi connectivity index (χ1v) is 6.05. The number of aromatic nitrogens is 3. The maximum atomic E-state index is 9.30. The zero-order valence-corrected chi connectivity index (χ0v) is 10.2. The molecular formula is C13H13N3O3. The zero-order chi connectivity index (χ0) is 13.1. The van der Waals surface area contributed by atoms with Crippen molar-refractivity contribution < 1.29 is 14.4 Å². The normalized spacial score (nSPS) is 19.3. The molecule has 1 aliphatic rings. The van der Waals surface area contributed by atoms with Crippen molar-refractivity contribution >= 4 is 12.2 Å². The predicted molar refractivity (Wildman–Crippen MR) is 67.3 cm³/mol. The Labute approximate surface area is 109 Å². The second-order valence-electron chi connectivity index (χ2n) is 4.36. The van der Waals surface area contributed by atoms with Gasteiger partial charge in [0.2, 0.25) is 0 Å². The van der Waals surface area contributed by atoms with Gasteiger partial charge in [0.05, 0.1) is 12.8 Å². The summed E-state index contributed by atoms with van der Waals surface area (Å²) in [6, 6.07) is 1.60. The van der Waals surface area contributed by atoms with Gasteiger partial charge in [-0.1, -0.05) is 5.16 Å². The van der Waals surface area contributed by atoms with Crippen LogP contribution in [-0.4, -0.2) is 33.4 Å². The summed E-state index contributed by atoms with van der Waals surface area (Å²) in [7, 11) is 0. The summed E-state index contributed by atoms with van der Waals surface area (Å²) in [4.78, 5) is 8.18. The van der Waals surface area contributed by atoms with E-state index in [9.17, 15) is 5.11 Å². The highest BCUT2D eigenvalue weighted by Gasteiger charge is 2.22. The van der Waals surface area contributed by atoms with Gasteiger partial charge in [-0.05, 0) is 24.1 Å². The summed E-state index contributed by atoms with van der Waals surface area (Å²) >= 11 is 0. The van der Waals surface area contributed by atoms with E-state index in [1.165, 1.54) is 6.20 Å². The third-order valence-electron chi connectivity index (χ3n) is 2.92. The first kappa shape index (κ1) is 11.9. The minimum atomic E-state index is 0.122. The standard InChI is InChI=1S/C13H13N3O3/c17-11-5-9(6-14-7-11)1-2-12-15-13(16-19-12)10-3-4-18-8-10/h1-2,5-7,10,17H,3-4,8H2/b2-1+. The van der Waals surface area contributed by atoms with E-state index in [4.69, 9.17) is 9.26 Å². The molecule has 1 saturated heterocycles. The van der Waals surface area contributed by atoms with E-state index in [2.05, 4.69) is 15.1 Å². The van der Waals surface area contributed by atoms with Gasteiger partial charge in [-0.3, -0.25) is 4.98 Å². The lowest BCUT2D eigenvalue weighted by Crippen LogP contribution is -1.99. The molecule has 3 heterocycles.